The van der Waals surface area contributed by atoms with Gasteiger partial charge in [0.25, 0.3) is 0 Å². The van der Waals surface area contributed by atoms with Crippen molar-refractivity contribution in [3.63, 3.8) is 0 Å². The van der Waals surface area contributed by atoms with Crippen molar-refractivity contribution in [3.8, 4) is 0 Å². The van der Waals surface area contributed by atoms with E-state index in [1.807, 2.05) is 0 Å². The van der Waals surface area contributed by atoms with Crippen molar-refractivity contribution in [2.24, 2.45) is 0 Å². The highest BCUT2D eigenvalue weighted by Crippen LogP contribution is 2.36. The van der Waals surface area contributed by atoms with Crippen LogP contribution in [0.3, 0.4) is 0 Å². The van der Waals surface area contributed by atoms with Gasteiger partial charge in [-0.1, -0.05) is 76.9 Å². The third kappa shape index (κ3) is 17.2. The second-order valence-electron chi connectivity index (χ2n) is 8.07. The molecule has 0 aromatic carbocycles. The Labute approximate surface area is 177 Å². The second kappa shape index (κ2) is 17.5. The number of unbranched alkanes of at least 4 members (excludes halogenated alkanes) is 11. The Bertz CT molecular complexity index is 443. The van der Waals surface area contributed by atoms with Gasteiger partial charge in [-0.3, -0.25) is 4.52 Å². The zero-order valence-corrected chi connectivity index (χ0v) is 19.2. The van der Waals surface area contributed by atoms with Gasteiger partial charge in [0.1, 0.15) is 6.10 Å². The van der Waals surface area contributed by atoms with E-state index in [9.17, 15) is 4.57 Å². The Hall–Kier alpha value is -0.230. The van der Waals surface area contributed by atoms with Crippen molar-refractivity contribution in [2.75, 3.05) is 19.8 Å². The van der Waals surface area contributed by atoms with Gasteiger partial charge in [-0.2, -0.15) is 0 Å². The minimum Gasteiger partial charge on any atom is -0.373 e. The lowest BCUT2D eigenvalue weighted by molar-refractivity contribution is -0.145. The third-order valence-electron chi connectivity index (χ3n) is 5.25. The molecule has 0 spiro atoms. The summed E-state index contributed by atoms with van der Waals surface area (Å²) in [5, 5.41) is 0. The van der Waals surface area contributed by atoms with Gasteiger partial charge in [0.2, 0.25) is 0 Å². The van der Waals surface area contributed by atoms with E-state index in [2.05, 4.69) is 23.6 Å². The van der Waals surface area contributed by atoms with Crippen LogP contribution in [0.15, 0.2) is 12.2 Å². The van der Waals surface area contributed by atoms with E-state index in [1.54, 1.807) is 0 Å². The molecule has 2 atom stereocenters. The maximum atomic E-state index is 10.7. The van der Waals surface area contributed by atoms with Crippen molar-refractivity contribution >= 4 is 7.82 Å². The molecule has 1 aliphatic heterocycles. The molecule has 0 amide bonds. The third-order valence-corrected chi connectivity index (χ3v) is 5.74. The highest BCUT2D eigenvalue weighted by Gasteiger charge is 2.25. The summed E-state index contributed by atoms with van der Waals surface area (Å²) in [5.74, 6) is 0. The van der Waals surface area contributed by atoms with Crippen LogP contribution in [0.1, 0.15) is 96.8 Å². The van der Waals surface area contributed by atoms with E-state index >= 15 is 0 Å². The van der Waals surface area contributed by atoms with Gasteiger partial charge in [0.05, 0.1) is 25.9 Å². The van der Waals surface area contributed by atoms with Crippen molar-refractivity contribution in [2.45, 2.75) is 109 Å². The smallest absolute Gasteiger partial charge is 0.373 e. The normalized spacial score (nSPS) is 20.5. The molecule has 7 heteroatoms. The molecule has 1 heterocycles. The van der Waals surface area contributed by atoms with Crippen molar-refractivity contribution in [1.82, 2.24) is 0 Å². The zero-order valence-electron chi connectivity index (χ0n) is 18.3. The number of ether oxygens (including phenoxy) is 2. The molecule has 0 saturated carbocycles. The lowest BCUT2D eigenvalue weighted by atomic mass is 10.1. The summed E-state index contributed by atoms with van der Waals surface area (Å²) in [7, 11) is -4.43. The van der Waals surface area contributed by atoms with Crippen molar-refractivity contribution in [1.29, 1.82) is 0 Å². The molecule has 0 aromatic rings. The standard InChI is InChI=1S/C22H43O6P/c1-2-3-4-5-6-7-8-9-10-11-12-13-14-15-16-17-21-18-27-22(19-26-21)20-28-29(23,24)25/h9-10,21-22H,2-8,11-20H2,1H3,(H2,23,24,25)/b10-9+. The second-order valence-corrected chi connectivity index (χ2v) is 9.31. The Morgan fingerprint density at radius 3 is 1.90 bits per heavy atom. The first kappa shape index (κ1) is 26.8. The first-order chi connectivity index (χ1) is 14.0. The fourth-order valence-electron chi connectivity index (χ4n) is 3.47. The molecule has 2 N–H and O–H groups in total. The minimum absolute atomic E-state index is 0.0891. The molecule has 2 unspecified atom stereocenters. The topological polar surface area (TPSA) is 85.2 Å². The van der Waals surface area contributed by atoms with Gasteiger partial charge >= 0.3 is 7.82 Å². The molecule has 0 aromatic heterocycles. The van der Waals surface area contributed by atoms with Crippen LogP contribution in [-0.2, 0) is 18.6 Å². The predicted octanol–water partition coefficient (Wildman–Crippen LogP) is 5.92. The first-order valence-electron chi connectivity index (χ1n) is 11.6. The zero-order chi connectivity index (χ0) is 21.2. The highest BCUT2D eigenvalue weighted by molar-refractivity contribution is 7.46. The SMILES string of the molecule is CCCCCCCC/C=C/CCCCCCCC1COC(COP(=O)(O)O)CO1. The van der Waals surface area contributed by atoms with Crippen LogP contribution in [0.4, 0.5) is 0 Å². The molecule has 0 radical (unpaired) electrons. The molecule has 6 nitrogen and oxygen atoms in total. The van der Waals surface area contributed by atoms with Crippen LogP contribution in [0, 0.1) is 0 Å². The van der Waals surface area contributed by atoms with Gasteiger partial charge in [-0.15, -0.1) is 0 Å². The molecule has 1 fully saturated rings. The van der Waals surface area contributed by atoms with Gasteiger partial charge in [0, 0.05) is 0 Å². The molecule has 1 aliphatic rings. The van der Waals surface area contributed by atoms with Crippen LogP contribution in [0.2, 0.25) is 0 Å². The number of hydrogen-bond donors (Lipinski definition) is 2. The van der Waals surface area contributed by atoms with Crippen LogP contribution in [-0.4, -0.2) is 41.8 Å². The van der Waals surface area contributed by atoms with Crippen LogP contribution >= 0.6 is 7.82 Å². The van der Waals surface area contributed by atoms with E-state index < -0.39 is 13.9 Å². The molecule has 0 bridgehead atoms. The average molecular weight is 435 g/mol. The van der Waals surface area contributed by atoms with Crippen molar-refractivity contribution < 1.29 is 28.3 Å². The summed E-state index contributed by atoms with van der Waals surface area (Å²) in [4.78, 5) is 17.4. The van der Waals surface area contributed by atoms with Crippen LogP contribution < -0.4 is 0 Å². The summed E-state index contributed by atoms with van der Waals surface area (Å²) in [6.07, 6.45) is 22.2. The first-order valence-corrected chi connectivity index (χ1v) is 13.1. The van der Waals surface area contributed by atoms with E-state index in [1.165, 1.54) is 77.0 Å². The fraction of sp³-hybridized carbons (Fsp3) is 0.909. The van der Waals surface area contributed by atoms with Crippen molar-refractivity contribution in [3.05, 3.63) is 12.2 Å². The summed E-state index contributed by atoms with van der Waals surface area (Å²) < 4.78 is 26.4. The van der Waals surface area contributed by atoms with Gasteiger partial charge in [-0.25, -0.2) is 4.57 Å². The number of phosphoric ester groups is 1. The average Bonchev–Trinajstić information content (AvgIpc) is 2.69. The number of allylic oxidation sites excluding steroid dienone is 2. The Balaban J connectivity index is 1.83. The fourth-order valence-corrected chi connectivity index (χ4v) is 3.83. The lowest BCUT2D eigenvalue weighted by Crippen LogP contribution is -2.38. The largest absolute Gasteiger partial charge is 0.469 e. The van der Waals surface area contributed by atoms with Gasteiger partial charge < -0.3 is 19.3 Å². The molecule has 1 rings (SSSR count). The lowest BCUT2D eigenvalue weighted by Gasteiger charge is -2.29. The molecule has 29 heavy (non-hydrogen) atoms. The Kier molecular flexibility index (Phi) is 16.1. The number of rotatable bonds is 18. The monoisotopic (exact) mass is 434 g/mol. The molecule has 172 valence electrons. The van der Waals surface area contributed by atoms with Gasteiger partial charge in [0.15, 0.2) is 0 Å². The number of phosphoric acid groups is 1. The Morgan fingerprint density at radius 1 is 0.828 bits per heavy atom. The maximum absolute atomic E-state index is 10.7. The predicted molar refractivity (Wildman–Crippen MR) is 117 cm³/mol. The van der Waals surface area contributed by atoms with E-state index in [0.717, 1.165) is 12.8 Å². The van der Waals surface area contributed by atoms with E-state index in [-0.39, 0.29) is 12.7 Å². The summed E-state index contributed by atoms with van der Waals surface area (Å²) in [5.41, 5.74) is 0. The summed E-state index contributed by atoms with van der Waals surface area (Å²) in [6, 6.07) is 0. The highest BCUT2D eigenvalue weighted by atomic mass is 31.2. The minimum atomic E-state index is -4.43. The van der Waals surface area contributed by atoms with Crippen LogP contribution in [0.25, 0.3) is 0 Å². The van der Waals surface area contributed by atoms with E-state index in [4.69, 9.17) is 19.3 Å². The quantitative estimate of drug-likeness (QED) is 0.158. The maximum Gasteiger partial charge on any atom is 0.469 e. The van der Waals surface area contributed by atoms with Gasteiger partial charge in [-0.05, 0) is 32.1 Å². The molecular formula is C22H43O6P. The summed E-state index contributed by atoms with van der Waals surface area (Å²) in [6.45, 7) is 2.93. The van der Waals surface area contributed by atoms with E-state index in [0.29, 0.717) is 13.2 Å². The number of hydrogen-bond acceptors (Lipinski definition) is 4. The summed E-state index contributed by atoms with van der Waals surface area (Å²) >= 11 is 0. The molecule has 0 aliphatic carbocycles. The molecular weight excluding hydrogens is 391 g/mol. The molecule has 1 saturated heterocycles. The Morgan fingerprint density at radius 2 is 1.34 bits per heavy atom. The van der Waals surface area contributed by atoms with Crippen LogP contribution in [0.5, 0.6) is 0 Å².